The van der Waals surface area contributed by atoms with Gasteiger partial charge in [-0.1, -0.05) is 22.0 Å². The summed E-state index contributed by atoms with van der Waals surface area (Å²) < 4.78 is 52.3. The van der Waals surface area contributed by atoms with Gasteiger partial charge in [0, 0.05) is 48.7 Å². The Morgan fingerprint density at radius 2 is 1.90 bits per heavy atom. The summed E-state index contributed by atoms with van der Waals surface area (Å²) in [6.45, 7) is 2.66. The molecule has 118 valence electrons. The molecule has 1 aliphatic heterocycles. The van der Waals surface area contributed by atoms with Gasteiger partial charge in [-0.3, -0.25) is 4.90 Å². The molecular formula is C14H17BrF4N2. The average molecular weight is 369 g/mol. The van der Waals surface area contributed by atoms with Crippen LogP contribution in [0.4, 0.5) is 17.6 Å². The molecule has 0 unspecified atom stereocenters. The summed E-state index contributed by atoms with van der Waals surface area (Å²) in [6, 6.07) is 4.00. The molecule has 0 aliphatic carbocycles. The fourth-order valence-electron chi connectivity index (χ4n) is 2.60. The molecule has 1 aromatic rings. The molecule has 1 atom stereocenters. The molecule has 0 radical (unpaired) electrons. The second-order valence-corrected chi connectivity index (χ2v) is 6.04. The maximum absolute atomic E-state index is 14.1. The topological polar surface area (TPSA) is 15.3 Å². The number of rotatable bonds is 4. The summed E-state index contributed by atoms with van der Waals surface area (Å²) in [7, 11) is 0. The SMILES string of the molecule is Fc1cc(Br)ccc1[C@H](CCC(F)(F)F)N1CCNCC1. The molecule has 1 N–H and O–H groups in total. The van der Waals surface area contributed by atoms with E-state index >= 15 is 0 Å². The van der Waals surface area contributed by atoms with Crippen molar-refractivity contribution in [3.05, 3.63) is 34.1 Å². The molecule has 1 aliphatic rings. The van der Waals surface area contributed by atoms with Crippen LogP contribution in [0.25, 0.3) is 0 Å². The van der Waals surface area contributed by atoms with Crippen LogP contribution in [0, 0.1) is 5.82 Å². The maximum atomic E-state index is 14.1. The van der Waals surface area contributed by atoms with Crippen LogP contribution < -0.4 is 5.32 Å². The van der Waals surface area contributed by atoms with Gasteiger partial charge in [-0.25, -0.2) is 4.39 Å². The predicted octanol–water partition coefficient (Wildman–Crippen LogP) is 3.88. The Bertz CT molecular complexity index is 473. The van der Waals surface area contributed by atoms with Crippen LogP contribution in [-0.4, -0.2) is 37.3 Å². The fourth-order valence-corrected chi connectivity index (χ4v) is 2.93. The smallest absolute Gasteiger partial charge is 0.314 e. The molecule has 1 aromatic carbocycles. The van der Waals surface area contributed by atoms with Crippen LogP contribution in [0.5, 0.6) is 0 Å². The quantitative estimate of drug-likeness (QED) is 0.811. The van der Waals surface area contributed by atoms with E-state index < -0.39 is 24.5 Å². The zero-order chi connectivity index (χ0) is 15.5. The maximum Gasteiger partial charge on any atom is 0.389 e. The van der Waals surface area contributed by atoms with Gasteiger partial charge < -0.3 is 5.32 Å². The molecule has 2 rings (SSSR count). The molecule has 0 amide bonds. The highest BCUT2D eigenvalue weighted by atomic mass is 79.9. The fraction of sp³-hybridized carbons (Fsp3) is 0.571. The van der Waals surface area contributed by atoms with Crippen LogP contribution in [0.2, 0.25) is 0 Å². The van der Waals surface area contributed by atoms with Crippen LogP contribution in [-0.2, 0) is 0 Å². The Balaban J connectivity index is 2.21. The molecule has 0 aromatic heterocycles. The molecule has 1 saturated heterocycles. The van der Waals surface area contributed by atoms with Crippen molar-refractivity contribution >= 4 is 15.9 Å². The van der Waals surface area contributed by atoms with Crippen molar-refractivity contribution in [1.82, 2.24) is 10.2 Å². The lowest BCUT2D eigenvalue weighted by molar-refractivity contribution is -0.138. The van der Waals surface area contributed by atoms with Crippen molar-refractivity contribution in [1.29, 1.82) is 0 Å². The van der Waals surface area contributed by atoms with Crippen LogP contribution >= 0.6 is 15.9 Å². The minimum Gasteiger partial charge on any atom is -0.314 e. The summed E-state index contributed by atoms with van der Waals surface area (Å²) >= 11 is 3.17. The van der Waals surface area contributed by atoms with E-state index in [1.54, 1.807) is 12.1 Å². The van der Waals surface area contributed by atoms with E-state index in [2.05, 4.69) is 21.2 Å². The van der Waals surface area contributed by atoms with Crippen molar-refractivity contribution in [2.75, 3.05) is 26.2 Å². The Morgan fingerprint density at radius 1 is 1.24 bits per heavy atom. The lowest BCUT2D eigenvalue weighted by Gasteiger charge is -2.35. The highest BCUT2D eigenvalue weighted by Crippen LogP contribution is 2.33. The molecule has 0 bridgehead atoms. The van der Waals surface area contributed by atoms with E-state index in [4.69, 9.17) is 0 Å². The molecule has 7 heteroatoms. The van der Waals surface area contributed by atoms with Gasteiger partial charge >= 0.3 is 6.18 Å². The monoisotopic (exact) mass is 368 g/mol. The normalized spacial score (nSPS) is 18.7. The van der Waals surface area contributed by atoms with E-state index in [0.29, 0.717) is 36.2 Å². The Kier molecular flexibility index (Phi) is 5.62. The number of nitrogens with one attached hydrogen (secondary N) is 1. The summed E-state index contributed by atoms with van der Waals surface area (Å²) in [5.74, 6) is -0.463. The minimum absolute atomic E-state index is 0.123. The Labute approximate surface area is 129 Å². The molecule has 1 fully saturated rings. The molecule has 1 heterocycles. The Hall–Kier alpha value is -0.660. The number of hydrogen-bond acceptors (Lipinski definition) is 2. The van der Waals surface area contributed by atoms with Gasteiger partial charge in [-0.2, -0.15) is 13.2 Å². The van der Waals surface area contributed by atoms with E-state index in [1.165, 1.54) is 6.07 Å². The molecule has 0 saturated carbocycles. The highest BCUT2D eigenvalue weighted by Gasteiger charge is 2.32. The van der Waals surface area contributed by atoms with Gasteiger partial charge in [0.15, 0.2) is 0 Å². The first-order chi connectivity index (χ1) is 9.87. The van der Waals surface area contributed by atoms with Crippen LogP contribution in [0.3, 0.4) is 0 Å². The molecule has 21 heavy (non-hydrogen) atoms. The van der Waals surface area contributed by atoms with Gasteiger partial charge in [0.2, 0.25) is 0 Å². The zero-order valence-corrected chi connectivity index (χ0v) is 13.0. The zero-order valence-electron chi connectivity index (χ0n) is 11.4. The van der Waals surface area contributed by atoms with Crippen LogP contribution in [0.1, 0.15) is 24.4 Å². The summed E-state index contributed by atoms with van der Waals surface area (Å²) in [5, 5.41) is 3.15. The summed E-state index contributed by atoms with van der Waals surface area (Å²) in [5.41, 5.74) is 0.337. The van der Waals surface area contributed by atoms with Gasteiger partial charge in [0.1, 0.15) is 5.82 Å². The number of nitrogens with zero attached hydrogens (tertiary/aromatic N) is 1. The third-order valence-electron chi connectivity index (χ3n) is 3.62. The predicted molar refractivity (Wildman–Crippen MR) is 76.6 cm³/mol. The van der Waals surface area contributed by atoms with Crippen molar-refractivity contribution in [3.63, 3.8) is 0 Å². The molecule has 0 spiro atoms. The third kappa shape index (κ3) is 4.93. The van der Waals surface area contributed by atoms with E-state index in [0.717, 1.165) is 0 Å². The highest BCUT2D eigenvalue weighted by molar-refractivity contribution is 9.10. The van der Waals surface area contributed by atoms with Gasteiger partial charge in [-0.05, 0) is 18.6 Å². The second-order valence-electron chi connectivity index (χ2n) is 5.12. The number of alkyl halides is 3. The first-order valence-corrected chi connectivity index (χ1v) is 7.62. The number of halogens is 5. The number of hydrogen-bond donors (Lipinski definition) is 1. The Morgan fingerprint density at radius 3 is 2.48 bits per heavy atom. The molecule has 2 nitrogen and oxygen atoms in total. The lowest BCUT2D eigenvalue weighted by atomic mass is 9.98. The third-order valence-corrected chi connectivity index (χ3v) is 4.11. The minimum atomic E-state index is -4.22. The van der Waals surface area contributed by atoms with Gasteiger partial charge in [0.05, 0.1) is 0 Å². The van der Waals surface area contributed by atoms with E-state index in [9.17, 15) is 17.6 Å². The second kappa shape index (κ2) is 7.07. The first-order valence-electron chi connectivity index (χ1n) is 6.83. The first kappa shape index (κ1) is 16.7. The summed E-state index contributed by atoms with van der Waals surface area (Å²) in [6.07, 6.45) is -5.25. The number of piperazine rings is 1. The van der Waals surface area contributed by atoms with Crippen molar-refractivity contribution in [2.24, 2.45) is 0 Å². The lowest BCUT2D eigenvalue weighted by Crippen LogP contribution is -2.45. The van der Waals surface area contributed by atoms with Crippen molar-refractivity contribution in [3.8, 4) is 0 Å². The van der Waals surface area contributed by atoms with E-state index in [1.807, 2.05) is 4.90 Å². The van der Waals surface area contributed by atoms with Gasteiger partial charge in [0.25, 0.3) is 0 Å². The van der Waals surface area contributed by atoms with E-state index in [-0.39, 0.29) is 6.42 Å². The van der Waals surface area contributed by atoms with Crippen molar-refractivity contribution < 1.29 is 17.6 Å². The summed E-state index contributed by atoms with van der Waals surface area (Å²) in [4.78, 5) is 1.93. The van der Waals surface area contributed by atoms with Gasteiger partial charge in [-0.15, -0.1) is 0 Å². The largest absolute Gasteiger partial charge is 0.389 e. The van der Waals surface area contributed by atoms with Crippen LogP contribution in [0.15, 0.2) is 22.7 Å². The standard InChI is InChI=1S/C14H17BrF4N2/c15-10-1-2-11(12(16)9-10)13(3-4-14(17,18)19)21-7-5-20-6-8-21/h1-2,9,13,20H,3-8H2/t13-/m0/s1. The molecular weight excluding hydrogens is 352 g/mol. The van der Waals surface area contributed by atoms with Crippen molar-refractivity contribution in [2.45, 2.75) is 25.1 Å². The number of benzene rings is 1. The average Bonchev–Trinajstić information content (AvgIpc) is 2.41.